The van der Waals surface area contributed by atoms with E-state index in [0.29, 0.717) is 11.8 Å². The molecule has 2 saturated carbocycles. The van der Waals surface area contributed by atoms with Gasteiger partial charge in [-0.15, -0.1) is 12.4 Å². The molecular weight excluding hydrogens is 338 g/mol. The second kappa shape index (κ2) is 7.18. The van der Waals surface area contributed by atoms with E-state index in [1.165, 1.54) is 6.42 Å². The first kappa shape index (κ1) is 18.0. The van der Waals surface area contributed by atoms with E-state index in [0.717, 1.165) is 36.6 Å². The second-order valence-electron chi connectivity index (χ2n) is 7.28. The summed E-state index contributed by atoms with van der Waals surface area (Å²) in [5.74, 6) is 0.617. The molecule has 2 aliphatic carbocycles. The molecule has 2 bridgehead atoms. The van der Waals surface area contributed by atoms with Gasteiger partial charge in [-0.1, -0.05) is 24.6 Å². The molecule has 6 heteroatoms. The fourth-order valence-corrected chi connectivity index (χ4v) is 4.57. The highest BCUT2D eigenvalue weighted by atomic mass is 35.5. The Morgan fingerprint density at radius 1 is 1.16 bits per heavy atom. The molecule has 5 nitrogen and oxygen atoms in total. The minimum absolute atomic E-state index is 0. The van der Waals surface area contributed by atoms with Crippen molar-refractivity contribution in [1.82, 2.24) is 10.3 Å². The van der Waals surface area contributed by atoms with Gasteiger partial charge in [-0.3, -0.25) is 9.59 Å². The fraction of sp³-hybridized carbons (Fsp3) is 0.474. The van der Waals surface area contributed by atoms with Gasteiger partial charge in [0.25, 0.3) is 11.5 Å². The number of aromatic amines is 1. The molecule has 0 saturated heterocycles. The number of benzene rings is 1. The molecule has 134 valence electrons. The third-order valence-electron chi connectivity index (χ3n) is 5.67. The maximum Gasteiger partial charge on any atom is 0.261 e. The van der Waals surface area contributed by atoms with Crippen molar-refractivity contribution in [2.24, 2.45) is 17.6 Å². The molecule has 2 aliphatic rings. The zero-order valence-corrected chi connectivity index (χ0v) is 14.9. The highest BCUT2D eigenvalue weighted by Gasteiger charge is 2.40. The number of para-hydroxylation sites is 1. The summed E-state index contributed by atoms with van der Waals surface area (Å²) in [7, 11) is 0. The Morgan fingerprint density at radius 2 is 1.84 bits per heavy atom. The van der Waals surface area contributed by atoms with Crippen molar-refractivity contribution in [2.75, 3.05) is 0 Å². The van der Waals surface area contributed by atoms with Gasteiger partial charge in [0.15, 0.2) is 0 Å². The van der Waals surface area contributed by atoms with E-state index < -0.39 is 0 Å². The summed E-state index contributed by atoms with van der Waals surface area (Å²) < 4.78 is 0. The smallest absolute Gasteiger partial charge is 0.261 e. The molecule has 2 unspecified atom stereocenters. The summed E-state index contributed by atoms with van der Waals surface area (Å²) in [6.45, 7) is 0. The third kappa shape index (κ3) is 3.44. The Balaban J connectivity index is 0.00000182. The number of halogens is 1. The Hall–Kier alpha value is -1.85. The average molecular weight is 362 g/mol. The van der Waals surface area contributed by atoms with Gasteiger partial charge in [0.05, 0.1) is 0 Å². The molecule has 1 aromatic carbocycles. The van der Waals surface area contributed by atoms with Crippen molar-refractivity contribution in [3.05, 3.63) is 46.2 Å². The van der Waals surface area contributed by atoms with Crippen molar-refractivity contribution < 1.29 is 4.79 Å². The second-order valence-corrected chi connectivity index (χ2v) is 7.28. The van der Waals surface area contributed by atoms with Crippen LogP contribution < -0.4 is 16.6 Å². The van der Waals surface area contributed by atoms with Crippen LogP contribution in [0.25, 0.3) is 10.9 Å². The van der Waals surface area contributed by atoms with Crippen LogP contribution in [-0.2, 0) is 0 Å². The molecule has 1 aromatic heterocycles. The van der Waals surface area contributed by atoms with Crippen LogP contribution in [0, 0.1) is 11.8 Å². The maximum atomic E-state index is 12.7. The zero-order chi connectivity index (χ0) is 16.7. The van der Waals surface area contributed by atoms with Crippen LogP contribution >= 0.6 is 12.4 Å². The normalized spacial score (nSPS) is 28.2. The van der Waals surface area contributed by atoms with Crippen LogP contribution in [0.1, 0.15) is 42.5 Å². The number of rotatable bonds is 2. The van der Waals surface area contributed by atoms with Crippen molar-refractivity contribution in [3.63, 3.8) is 0 Å². The molecule has 0 spiro atoms. The molecule has 0 radical (unpaired) electrons. The summed E-state index contributed by atoms with van der Waals surface area (Å²) >= 11 is 0. The lowest BCUT2D eigenvalue weighted by Crippen LogP contribution is -2.54. The average Bonchev–Trinajstić information content (AvgIpc) is 2.55. The molecule has 25 heavy (non-hydrogen) atoms. The van der Waals surface area contributed by atoms with Crippen molar-refractivity contribution in [2.45, 2.75) is 44.2 Å². The van der Waals surface area contributed by atoms with Crippen molar-refractivity contribution >= 4 is 29.2 Å². The molecule has 4 N–H and O–H groups in total. The van der Waals surface area contributed by atoms with Gasteiger partial charge < -0.3 is 16.0 Å². The Morgan fingerprint density at radius 3 is 2.56 bits per heavy atom. The number of hydrogen-bond donors (Lipinski definition) is 3. The predicted octanol–water partition coefficient (Wildman–Crippen LogP) is 2.59. The quantitative estimate of drug-likeness (QED) is 0.768. The van der Waals surface area contributed by atoms with E-state index in [1.807, 2.05) is 24.3 Å². The number of nitrogens with one attached hydrogen (secondary N) is 2. The van der Waals surface area contributed by atoms with Crippen molar-refractivity contribution in [3.8, 4) is 0 Å². The Bertz CT molecular complexity index is 821. The molecule has 1 amide bonds. The van der Waals surface area contributed by atoms with Crippen LogP contribution in [0.3, 0.4) is 0 Å². The number of pyridine rings is 1. The molecule has 4 rings (SSSR count). The number of hydrogen-bond acceptors (Lipinski definition) is 3. The zero-order valence-electron chi connectivity index (χ0n) is 14.0. The van der Waals surface area contributed by atoms with Crippen LogP contribution in [0.4, 0.5) is 0 Å². The first-order chi connectivity index (χ1) is 11.6. The lowest BCUT2D eigenvalue weighted by molar-refractivity contribution is 0.0755. The minimum atomic E-state index is -0.330. The first-order valence-corrected chi connectivity index (χ1v) is 8.80. The summed E-state index contributed by atoms with van der Waals surface area (Å²) in [4.78, 5) is 27.8. The molecular formula is C19H24ClN3O2. The molecule has 2 atom stereocenters. The van der Waals surface area contributed by atoms with Gasteiger partial charge in [-0.25, -0.2) is 0 Å². The third-order valence-corrected chi connectivity index (χ3v) is 5.67. The molecule has 2 aromatic rings. The largest absolute Gasteiger partial charge is 0.349 e. The van der Waals surface area contributed by atoms with Crippen LogP contribution in [0.2, 0.25) is 0 Å². The SMILES string of the molecule is Cl.NC1CC2CCCC(C1)C2NC(=O)c1cc2ccccc2[nH]c1=O. The summed E-state index contributed by atoms with van der Waals surface area (Å²) in [6.07, 6.45) is 5.38. The highest BCUT2D eigenvalue weighted by Crippen LogP contribution is 2.39. The minimum Gasteiger partial charge on any atom is -0.349 e. The van der Waals surface area contributed by atoms with Gasteiger partial charge in [-0.2, -0.15) is 0 Å². The maximum absolute atomic E-state index is 12.7. The molecule has 1 heterocycles. The number of carbonyl (C=O) groups is 1. The summed E-state index contributed by atoms with van der Waals surface area (Å²) in [5.41, 5.74) is 6.76. The number of H-pyrrole nitrogens is 1. The number of aromatic nitrogens is 1. The lowest BCUT2D eigenvalue weighted by atomic mass is 9.67. The van der Waals surface area contributed by atoms with Gasteiger partial charge in [0.1, 0.15) is 5.56 Å². The van der Waals surface area contributed by atoms with Gasteiger partial charge in [-0.05, 0) is 55.0 Å². The van der Waals surface area contributed by atoms with E-state index in [9.17, 15) is 9.59 Å². The topological polar surface area (TPSA) is 88.0 Å². The van der Waals surface area contributed by atoms with E-state index in [4.69, 9.17) is 5.73 Å². The van der Waals surface area contributed by atoms with Crippen LogP contribution in [-0.4, -0.2) is 23.0 Å². The number of fused-ring (bicyclic) bond motifs is 3. The van der Waals surface area contributed by atoms with Gasteiger partial charge in [0, 0.05) is 17.6 Å². The van der Waals surface area contributed by atoms with E-state index >= 15 is 0 Å². The first-order valence-electron chi connectivity index (χ1n) is 8.80. The monoisotopic (exact) mass is 361 g/mol. The number of nitrogens with two attached hydrogens (primary N) is 1. The van der Waals surface area contributed by atoms with Crippen LogP contribution in [0.15, 0.2) is 35.1 Å². The Labute approximate surface area is 152 Å². The van der Waals surface area contributed by atoms with E-state index in [1.54, 1.807) is 6.07 Å². The van der Waals surface area contributed by atoms with Crippen molar-refractivity contribution in [1.29, 1.82) is 0 Å². The lowest BCUT2D eigenvalue weighted by Gasteiger charge is -2.45. The molecule has 0 aliphatic heterocycles. The summed E-state index contributed by atoms with van der Waals surface area (Å²) in [5, 5.41) is 4.02. The van der Waals surface area contributed by atoms with E-state index in [-0.39, 0.29) is 41.5 Å². The number of carbonyl (C=O) groups excluding carboxylic acids is 1. The van der Waals surface area contributed by atoms with Gasteiger partial charge in [0.2, 0.25) is 0 Å². The van der Waals surface area contributed by atoms with Crippen LogP contribution in [0.5, 0.6) is 0 Å². The number of amides is 1. The predicted molar refractivity (Wildman–Crippen MR) is 101 cm³/mol. The van der Waals surface area contributed by atoms with Gasteiger partial charge >= 0.3 is 0 Å². The standard InChI is InChI=1S/C19H23N3O2.ClH/c20-14-8-12-5-3-6-13(9-14)17(12)22-19(24)15-10-11-4-1-2-7-16(11)21-18(15)23;/h1-2,4,7,10,12-14,17H,3,5-6,8-9,20H2,(H,21,23)(H,22,24);1H. The highest BCUT2D eigenvalue weighted by molar-refractivity contribution is 5.97. The fourth-order valence-electron chi connectivity index (χ4n) is 4.57. The molecule has 2 fully saturated rings. The Kier molecular flexibility index (Phi) is 5.16. The summed E-state index contributed by atoms with van der Waals surface area (Å²) in [6, 6.07) is 9.59. The van der Waals surface area contributed by atoms with E-state index in [2.05, 4.69) is 10.3 Å².